The predicted molar refractivity (Wildman–Crippen MR) is 163 cm³/mol. The number of ether oxygens (including phenoxy) is 1. The molecule has 216 valence electrons. The van der Waals surface area contributed by atoms with Crippen molar-refractivity contribution in [3.05, 3.63) is 108 Å². The molecule has 8 heteroatoms. The lowest BCUT2D eigenvalue weighted by atomic mass is 9.98. The summed E-state index contributed by atoms with van der Waals surface area (Å²) in [4.78, 5) is 33.2. The molecule has 1 aromatic heterocycles. The van der Waals surface area contributed by atoms with E-state index >= 15 is 0 Å². The monoisotopic (exact) mass is 564 g/mol. The van der Waals surface area contributed by atoms with Crippen molar-refractivity contribution in [2.24, 2.45) is 0 Å². The highest BCUT2D eigenvalue weighted by molar-refractivity contribution is 5.87. The second-order valence-corrected chi connectivity index (χ2v) is 11.6. The largest absolute Gasteiger partial charge is 0.444 e. The third-order valence-electron chi connectivity index (χ3n) is 7.13. The molecule has 0 bridgehead atoms. The van der Waals surface area contributed by atoms with Crippen LogP contribution in [0.1, 0.15) is 49.7 Å². The van der Waals surface area contributed by atoms with Crippen LogP contribution in [-0.4, -0.2) is 45.7 Å². The fraction of sp³-hybridized carbons (Fsp3) is 0.294. The summed E-state index contributed by atoms with van der Waals surface area (Å²) in [6, 6.07) is 27.0. The molecule has 0 saturated carbocycles. The molecule has 0 fully saturated rings. The van der Waals surface area contributed by atoms with Crippen molar-refractivity contribution in [3.8, 4) is 0 Å². The summed E-state index contributed by atoms with van der Waals surface area (Å²) in [5.74, 6) is 0.517. The Morgan fingerprint density at radius 3 is 1.93 bits per heavy atom. The Kier molecular flexibility index (Phi) is 8.24. The Morgan fingerprint density at radius 1 is 0.857 bits per heavy atom. The van der Waals surface area contributed by atoms with E-state index in [4.69, 9.17) is 9.26 Å². The Balaban J connectivity index is 1.46. The van der Waals surface area contributed by atoms with E-state index in [2.05, 4.69) is 39.7 Å². The fourth-order valence-electron chi connectivity index (χ4n) is 5.08. The first-order chi connectivity index (χ1) is 20.1. The maximum absolute atomic E-state index is 14.2. The van der Waals surface area contributed by atoms with Crippen LogP contribution < -0.4 is 5.32 Å². The highest BCUT2D eigenvalue weighted by atomic mass is 16.6. The molecular weight excluding hydrogens is 528 g/mol. The van der Waals surface area contributed by atoms with Crippen molar-refractivity contribution in [2.45, 2.75) is 58.2 Å². The number of amides is 2. The highest BCUT2D eigenvalue weighted by Gasteiger charge is 2.33. The number of hydrogen-bond donors (Lipinski definition) is 1. The first kappa shape index (κ1) is 28.8. The molecule has 2 amide bonds. The molecule has 0 aliphatic heterocycles. The Labute approximate surface area is 245 Å². The van der Waals surface area contributed by atoms with Gasteiger partial charge in [0.15, 0.2) is 5.82 Å². The summed E-state index contributed by atoms with van der Waals surface area (Å²) >= 11 is 0. The number of alkyl carbamates (subject to hydrolysis) is 1. The lowest BCUT2D eigenvalue weighted by molar-refractivity contribution is -0.135. The summed E-state index contributed by atoms with van der Waals surface area (Å²) in [6.45, 7) is 7.11. The number of fused-ring (bicyclic) bond motifs is 2. The van der Waals surface area contributed by atoms with Gasteiger partial charge in [0.25, 0.3) is 0 Å². The molecule has 0 radical (unpaired) electrons. The molecule has 5 aromatic rings. The molecular formula is C34H36N4O4. The van der Waals surface area contributed by atoms with E-state index in [9.17, 15) is 9.59 Å². The van der Waals surface area contributed by atoms with E-state index in [0.29, 0.717) is 18.1 Å². The third kappa shape index (κ3) is 6.94. The van der Waals surface area contributed by atoms with Crippen LogP contribution >= 0.6 is 0 Å². The van der Waals surface area contributed by atoms with Crippen LogP contribution in [0.2, 0.25) is 0 Å². The van der Waals surface area contributed by atoms with Crippen LogP contribution in [-0.2, 0) is 22.4 Å². The standard InChI is InChI=1S/C34H36N4O4/c1-22-35-31(42-37-22)30(21-24-15-17-26-11-7-9-13-28(26)19-24)38(5)32(39)29(36-33(40)41-34(2,3)4)20-23-14-16-25-10-6-8-12-27(25)18-23/h6-19,29-30H,20-21H2,1-5H3,(H,36,40)/t29?,30-/m1/s1. The Morgan fingerprint density at radius 2 is 1.40 bits per heavy atom. The van der Waals surface area contributed by atoms with Crippen molar-refractivity contribution in [1.29, 1.82) is 0 Å². The first-order valence-corrected chi connectivity index (χ1v) is 14.1. The first-order valence-electron chi connectivity index (χ1n) is 14.1. The lowest BCUT2D eigenvalue weighted by Gasteiger charge is -2.30. The van der Waals surface area contributed by atoms with Gasteiger partial charge in [-0.1, -0.05) is 90.1 Å². The fourth-order valence-corrected chi connectivity index (χ4v) is 5.08. The van der Waals surface area contributed by atoms with Crippen molar-refractivity contribution >= 4 is 33.5 Å². The smallest absolute Gasteiger partial charge is 0.408 e. The number of nitrogens with zero attached hydrogens (tertiary/aromatic N) is 3. The second-order valence-electron chi connectivity index (χ2n) is 11.6. The van der Waals surface area contributed by atoms with E-state index in [1.165, 1.54) is 0 Å². The van der Waals surface area contributed by atoms with Gasteiger partial charge in [-0.15, -0.1) is 0 Å². The summed E-state index contributed by atoms with van der Waals surface area (Å²) in [6.07, 6.45) is 0.0672. The van der Waals surface area contributed by atoms with Gasteiger partial charge >= 0.3 is 6.09 Å². The van der Waals surface area contributed by atoms with Gasteiger partial charge in [0.05, 0.1) is 0 Å². The van der Waals surface area contributed by atoms with Gasteiger partial charge < -0.3 is 19.5 Å². The normalized spacial score (nSPS) is 13.1. The van der Waals surface area contributed by atoms with Gasteiger partial charge in [-0.05, 0) is 60.4 Å². The van der Waals surface area contributed by atoms with Crippen LogP contribution in [0, 0.1) is 6.92 Å². The van der Waals surface area contributed by atoms with E-state index in [1.807, 2.05) is 60.7 Å². The average Bonchev–Trinajstić information content (AvgIpc) is 3.39. The van der Waals surface area contributed by atoms with Crippen LogP contribution in [0.25, 0.3) is 21.5 Å². The van der Waals surface area contributed by atoms with Gasteiger partial charge in [-0.2, -0.15) is 4.98 Å². The number of rotatable bonds is 8. The quantitative estimate of drug-likeness (QED) is 0.229. The molecule has 5 rings (SSSR count). The van der Waals surface area contributed by atoms with E-state index in [1.54, 1.807) is 39.6 Å². The van der Waals surface area contributed by atoms with Gasteiger partial charge in [-0.25, -0.2) is 4.79 Å². The zero-order chi connectivity index (χ0) is 29.9. The number of carbonyl (C=O) groups excluding carboxylic acids is 2. The van der Waals surface area contributed by atoms with E-state index in [0.717, 1.165) is 32.7 Å². The predicted octanol–water partition coefficient (Wildman–Crippen LogP) is 6.56. The van der Waals surface area contributed by atoms with Crippen LogP contribution in [0.15, 0.2) is 89.5 Å². The number of nitrogens with one attached hydrogen (secondary N) is 1. The molecule has 1 N–H and O–H groups in total. The van der Waals surface area contributed by atoms with E-state index in [-0.39, 0.29) is 12.3 Å². The molecule has 0 spiro atoms. The zero-order valence-corrected chi connectivity index (χ0v) is 24.6. The highest BCUT2D eigenvalue weighted by Crippen LogP contribution is 2.27. The molecule has 8 nitrogen and oxygen atoms in total. The summed E-state index contributed by atoms with van der Waals surface area (Å²) in [7, 11) is 1.71. The minimum atomic E-state index is -0.894. The summed E-state index contributed by atoms with van der Waals surface area (Å²) < 4.78 is 11.1. The van der Waals surface area contributed by atoms with Crippen LogP contribution in [0.4, 0.5) is 4.79 Å². The number of hydrogen-bond acceptors (Lipinski definition) is 6. The SMILES string of the molecule is Cc1noc([C@@H](Cc2ccc3ccccc3c2)N(C)C(=O)C(Cc2ccc3ccccc3c2)NC(=O)OC(C)(C)C)n1. The molecule has 0 aliphatic carbocycles. The van der Waals surface area contributed by atoms with Gasteiger partial charge in [0.2, 0.25) is 11.8 Å². The van der Waals surface area contributed by atoms with Gasteiger partial charge in [-0.3, -0.25) is 4.79 Å². The molecule has 0 aliphatic rings. The minimum absolute atomic E-state index is 0.277. The van der Waals surface area contributed by atoms with Crippen molar-refractivity contribution in [3.63, 3.8) is 0 Å². The molecule has 0 saturated heterocycles. The molecule has 1 heterocycles. The maximum Gasteiger partial charge on any atom is 0.408 e. The van der Waals surface area contributed by atoms with Crippen LogP contribution in [0.3, 0.4) is 0 Å². The molecule has 42 heavy (non-hydrogen) atoms. The summed E-state index contributed by atoms with van der Waals surface area (Å²) in [5.41, 5.74) is 1.21. The number of aromatic nitrogens is 2. The number of benzene rings is 4. The Hall–Kier alpha value is -4.72. The number of aryl methyl sites for hydroxylation is 1. The van der Waals surface area contributed by atoms with Crippen molar-refractivity contribution in [2.75, 3.05) is 7.05 Å². The van der Waals surface area contributed by atoms with E-state index < -0.39 is 23.8 Å². The third-order valence-corrected chi connectivity index (χ3v) is 7.13. The molecule has 1 unspecified atom stereocenters. The molecule has 4 aromatic carbocycles. The maximum atomic E-state index is 14.2. The zero-order valence-electron chi connectivity index (χ0n) is 24.6. The number of carbonyl (C=O) groups is 2. The van der Waals surface area contributed by atoms with Gasteiger partial charge in [0, 0.05) is 19.9 Å². The topological polar surface area (TPSA) is 97.6 Å². The van der Waals surface area contributed by atoms with Crippen molar-refractivity contribution in [1.82, 2.24) is 20.4 Å². The lowest BCUT2D eigenvalue weighted by Crippen LogP contribution is -2.50. The second kappa shape index (κ2) is 12.0. The Bertz CT molecular complexity index is 1720. The molecule has 2 atom stereocenters. The average molecular weight is 565 g/mol. The minimum Gasteiger partial charge on any atom is -0.444 e. The number of likely N-dealkylation sites (N-methyl/N-ethyl adjacent to an activating group) is 1. The van der Waals surface area contributed by atoms with Crippen molar-refractivity contribution < 1.29 is 18.8 Å². The van der Waals surface area contributed by atoms with Gasteiger partial charge in [0.1, 0.15) is 17.7 Å². The summed E-state index contributed by atoms with van der Waals surface area (Å²) in [5, 5.41) is 11.2. The van der Waals surface area contributed by atoms with Crippen LogP contribution in [0.5, 0.6) is 0 Å².